The lowest BCUT2D eigenvalue weighted by Crippen LogP contribution is -2.25. The number of hydrogen-bond donors (Lipinski definition) is 1. The zero-order valence-electron chi connectivity index (χ0n) is 7.64. The molecule has 1 unspecified atom stereocenters. The number of nitrogens with one attached hydrogen (secondary N) is 1. The highest BCUT2D eigenvalue weighted by Crippen LogP contribution is 2.21. The second-order valence-corrected chi connectivity index (χ2v) is 3.32. The van der Waals surface area contributed by atoms with E-state index in [4.69, 9.17) is 0 Å². The summed E-state index contributed by atoms with van der Waals surface area (Å²) >= 11 is 0. The van der Waals surface area contributed by atoms with Crippen LogP contribution in [0.1, 0.15) is 33.1 Å². The van der Waals surface area contributed by atoms with Crippen molar-refractivity contribution in [3.8, 4) is 0 Å². The third-order valence-electron chi connectivity index (χ3n) is 2.64. The summed E-state index contributed by atoms with van der Waals surface area (Å²) in [5.41, 5.74) is 0. The highest BCUT2D eigenvalue weighted by atomic mass is 14.9. The van der Waals surface area contributed by atoms with Crippen molar-refractivity contribution in [3.05, 3.63) is 12.2 Å². The predicted octanol–water partition coefficient (Wildman–Crippen LogP) is 2.34. The van der Waals surface area contributed by atoms with E-state index < -0.39 is 0 Å². The Balaban J connectivity index is 2.31. The van der Waals surface area contributed by atoms with E-state index >= 15 is 0 Å². The van der Waals surface area contributed by atoms with Gasteiger partial charge in [-0.1, -0.05) is 25.5 Å². The first kappa shape index (κ1) is 8.79. The Labute approximate surface area is 69.9 Å². The average Bonchev–Trinajstić information content (AvgIpc) is 2.47. The molecule has 2 atom stereocenters. The van der Waals surface area contributed by atoms with E-state index in [1.165, 1.54) is 25.8 Å². The normalized spacial score (nSPS) is 31.8. The van der Waals surface area contributed by atoms with Gasteiger partial charge in [-0.2, -0.15) is 0 Å². The predicted molar refractivity (Wildman–Crippen MR) is 49.6 cm³/mol. The van der Waals surface area contributed by atoms with Crippen molar-refractivity contribution in [1.82, 2.24) is 5.32 Å². The Bertz CT molecular complexity index is 129. The molecule has 1 aliphatic heterocycles. The standard InChI is InChI=1S/C10H19N/c1-3-5-6-10-9(4-2)7-8-11-10/h3,5,9-11H,4,6-8H2,1-2H3/b5-3-/t9?,10-/m0/s1. The van der Waals surface area contributed by atoms with Crippen LogP contribution in [0, 0.1) is 5.92 Å². The largest absolute Gasteiger partial charge is 0.313 e. The molecule has 11 heavy (non-hydrogen) atoms. The lowest BCUT2D eigenvalue weighted by molar-refractivity contribution is 0.438. The summed E-state index contributed by atoms with van der Waals surface area (Å²) in [6.45, 7) is 5.61. The molecule has 1 heteroatoms. The Morgan fingerprint density at radius 3 is 3.00 bits per heavy atom. The van der Waals surface area contributed by atoms with E-state index in [0.717, 1.165) is 12.0 Å². The van der Waals surface area contributed by atoms with Crippen LogP contribution < -0.4 is 5.32 Å². The van der Waals surface area contributed by atoms with Crippen molar-refractivity contribution in [2.24, 2.45) is 5.92 Å². The van der Waals surface area contributed by atoms with Gasteiger partial charge in [-0.3, -0.25) is 0 Å². The molecule has 64 valence electrons. The third-order valence-corrected chi connectivity index (χ3v) is 2.64. The Morgan fingerprint density at radius 2 is 2.36 bits per heavy atom. The molecule has 0 aromatic heterocycles. The van der Waals surface area contributed by atoms with E-state index in [-0.39, 0.29) is 0 Å². The lowest BCUT2D eigenvalue weighted by atomic mass is 9.95. The molecule has 1 aliphatic rings. The smallest absolute Gasteiger partial charge is 0.0130 e. The first-order chi connectivity index (χ1) is 5.38. The Hall–Kier alpha value is -0.300. The lowest BCUT2D eigenvalue weighted by Gasteiger charge is -2.15. The van der Waals surface area contributed by atoms with E-state index in [9.17, 15) is 0 Å². The second kappa shape index (κ2) is 4.55. The van der Waals surface area contributed by atoms with Gasteiger partial charge in [-0.25, -0.2) is 0 Å². The van der Waals surface area contributed by atoms with E-state index in [1.54, 1.807) is 0 Å². The van der Waals surface area contributed by atoms with Crippen molar-refractivity contribution in [1.29, 1.82) is 0 Å². The van der Waals surface area contributed by atoms with Crippen LogP contribution in [0.4, 0.5) is 0 Å². The van der Waals surface area contributed by atoms with Crippen LogP contribution >= 0.6 is 0 Å². The van der Waals surface area contributed by atoms with Crippen LogP contribution in [0.5, 0.6) is 0 Å². The molecule has 1 rings (SSSR count). The average molecular weight is 153 g/mol. The summed E-state index contributed by atoms with van der Waals surface area (Å²) in [6.07, 6.45) is 8.33. The van der Waals surface area contributed by atoms with E-state index in [0.29, 0.717) is 0 Å². The highest BCUT2D eigenvalue weighted by Gasteiger charge is 2.23. The van der Waals surface area contributed by atoms with Gasteiger partial charge in [0.25, 0.3) is 0 Å². The van der Waals surface area contributed by atoms with Gasteiger partial charge in [-0.15, -0.1) is 0 Å². The minimum atomic E-state index is 0.760. The molecule has 0 radical (unpaired) electrons. The summed E-state index contributed by atoms with van der Waals surface area (Å²) in [4.78, 5) is 0. The van der Waals surface area contributed by atoms with Gasteiger partial charge in [0.15, 0.2) is 0 Å². The highest BCUT2D eigenvalue weighted by molar-refractivity contribution is 4.90. The molecule has 0 spiro atoms. The van der Waals surface area contributed by atoms with Crippen molar-refractivity contribution >= 4 is 0 Å². The number of rotatable bonds is 3. The molecule has 1 heterocycles. The zero-order chi connectivity index (χ0) is 8.10. The monoisotopic (exact) mass is 153 g/mol. The van der Waals surface area contributed by atoms with Crippen LogP contribution in [-0.2, 0) is 0 Å². The van der Waals surface area contributed by atoms with Crippen molar-refractivity contribution < 1.29 is 0 Å². The van der Waals surface area contributed by atoms with E-state index in [1.807, 2.05) is 0 Å². The van der Waals surface area contributed by atoms with Crippen LogP contribution in [0.3, 0.4) is 0 Å². The molecule has 1 fully saturated rings. The first-order valence-electron chi connectivity index (χ1n) is 4.73. The fourth-order valence-electron chi connectivity index (χ4n) is 1.87. The molecule has 1 saturated heterocycles. The van der Waals surface area contributed by atoms with Crippen LogP contribution in [0.15, 0.2) is 12.2 Å². The van der Waals surface area contributed by atoms with E-state index in [2.05, 4.69) is 31.3 Å². The molecule has 1 N–H and O–H groups in total. The molecule has 0 amide bonds. The van der Waals surface area contributed by atoms with Crippen LogP contribution in [-0.4, -0.2) is 12.6 Å². The molecule has 0 bridgehead atoms. The summed E-state index contributed by atoms with van der Waals surface area (Å²) in [6, 6.07) is 0.760. The zero-order valence-corrected chi connectivity index (χ0v) is 7.64. The third kappa shape index (κ3) is 2.33. The maximum atomic E-state index is 3.54. The maximum Gasteiger partial charge on any atom is 0.0130 e. The molecule has 0 aromatic carbocycles. The second-order valence-electron chi connectivity index (χ2n) is 3.32. The van der Waals surface area contributed by atoms with Crippen LogP contribution in [0.25, 0.3) is 0 Å². The maximum absolute atomic E-state index is 3.54. The van der Waals surface area contributed by atoms with Crippen molar-refractivity contribution in [3.63, 3.8) is 0 Å². The molecule has 0 aliphatic carbocycles. The Kier molecular flexibility index (Phi) is 3.64. The van der Waals surface area contributed by atoms with Gasteiger partial charge in [-0.05, 0) is 32.2 Å². The van der Waals surface area contributed by atoms with Gasteiger partial charge in [0, 0.05) is 6.04 Å². The van der Waals surface area contributed by atoms with Gasteiger partial charge in [0.2, 0.25) is 0 Å². The molecular weight excluding hydrogens is 134 g/mol. The fourth-order valence-corrected chi connectivity index (χ4v) is 1.87. The molecule has 0 saturated carbocycles. The first-order valence-corrected chi connectivity index (χ1v) is 4.73. The minimum Gasteiger partial charge on any atom is -0.313 e. The summed E-state index contributed by atoms with van der Waals surface area (Å²) in [5, 5.41) is 3.54. The molecule has 1 nitrogen and oxygen atoms in total. The van der Waals surface area contributed by atoms with Crippen LogP contribution in [0.2, 0.25) is 0 Å². The topological polar surface area (TPSA) is 12.0 Å². The SMILES string of the molecule is C/C=C\C[C@@H]1NCCC1CC. The number of hydrogen-bond acceptors (Lipinski definition) is 1. The fraction of sp³-hybridized carbons (Fsp3) is 0.800. The van der Waals surface area contributed by atoms with Gasteiger partial charge in [0.1, 0.15) is 0 Å². The van der Waals surface area contributed by atoms with Gasteiger partial charge >= 0.3 is 0 Å². The van der Waals surface area contributed by atoms with Crippen molar-refractivity contribution in [2.75, 3.05) is 6.54 Å². The minimum absolute atomic E-state index is 0.760. The van der Waals surface area contributed by atoms with Gasteiger partial charge < -0.3 is 5.32 Å². The summed E-state index contributed by atoms with van der Waals surface area (Å²) in [5.74, 6) is 0.922. The molecular formula is C10H19N. The Morgan fingerprint density at radius 1 is 1.55 bits per heavy atom. The molecule has 0 aromatic rings. The summed E-state index contributed by atoms with van der Waals surface area (Å²) < 4.78 is 0. The number of allylic oxidation sites excluding steroid dienone is 1. The summed E-state index contributed by atoms with van der Waals surface area (Å²) in [7, 11) is 0. The van der Waals surface area contributed by atoms with Gasteiger partial charge in [0.05, 0.1) is 0 Å². The quantitative estimate of drug-likeness (QED) is 0.614. The van der Waals surface area contributed by atoms with Crippen molar-refractivity contribution in [2.45, 2.75) is 39.2 Å².